The summed E-state index contributed by atoms with van der Waals surface area (Å²) in [7, 11) is 1.37. The van der Waals surface area contributed by atoms with E-state index in [1.165, 1.54) is 7.11 Å². The number of nitrogens with one attached hydrogen (secondary N) is 1. The van der Waals surface area contributed by atoms with Gasteiger partial charge in [-0.1, -0.05) is 50.8 Å². The SMILES string of the molecule is CCCCCOC(=O)c1c(Cl)cccc1NCc1cnc(CCCC)n1-c1ccc(C(=O)OC)cc1C. The number of esters is 2. The molecule has 8 heteroatoms. The zero-order valence-electron chi connectivity index (χ0n) is 22.1. The number of hydrogen-bond acceptors (Lipinski definition) is 6. The van der Waals surface area contributed by atoms with Gasteiger partial charge in [0.25, 0.3) is 0 Å². The van der Waals surface area contributed by atoms with Gasteiger partial charge in [-0.3, -0.25) is 4.57 Å². The van der Waals surface area contributed by atoms with Crippen molar-refractivity contribution in [2.75, 3.05) is 19.0 Å². The van der Waals surface area contributed by atoms with E-state index < -0.39 is 5.97 Å². The maximum atomic E-state index is 12.8. The van der Waals surface area contributed by atoms with Crippen molar-refractivity contribution in [3.05, 3.63) is 75.8 Å². The van der Waals surface area contributed by atoms with Crippen LogP contribution in [-0.2, 0) is 22.4 Å². The molecule has 0 aliphatic heterocycles. The minimum atomic E-state index is -0.435. The zero-order chi connectivity index (χ0) is 26.8. The molecule has 0 bridgehead atoms. The van der Waals surface area contributed by atoms with Crippen LogP contribution in [0.5, 0.6) is 0 Å². The maximum absolute atomic E-state index is 12.8. The predicted octanol–water partition coefficient (Wildman–Crippen LogP) is 6.92. The van der Waals surface area contributed by atoms with Crippen LogP contribution >= 0.6 is 11.6 Å². The highest BCUT2D eigenvalue weighted by molar-refractivity contribution is 6.34. The molecule has 0 atom stereocenters. The van der Waals surface area contributed by atoms with Gasteiger partial charge in [-0.25, -0.2) is 14.6 Å². The van der Waals surface area contributed by atoms with E-state index in [2.05, 4.69) is 23.7 Å². The molecule has 0 unspecified atom stereocenters. The van der Waals surface area contributed by atoms with Gasteiger partial charge in [0, 0.05) is 6.42 Å². The third-order valence-corrected chi connectivity index (χ3v) is 6.49. The van der Waals surface area contributed by atoms with Gasteiger partial charge in [0.1, 0.15) is 11.4 Å². The lowest BCUT2D eigenvalue weighted by atomic mass is 10.1. The van der Waals surface area contributed by atoms with E-state index in [-0.39, 0.29) is 5.97 Å². The molecule has 0 radical (unpaired) electrons. The molecule has 0 aliphatic rings. The molecule has 1 heterocycles. The number of benzene rings is 2. The number of ether oxygens (including phenoxy) is 2. The summed E-state index contributed by atoms with van der Waals surface area (Å²) in [4.78, 5) is 29.5. The molecule has 7 nitrogen and oxygen atoms in total. The monoisotopic (exact) mass is 525 g/mol. The van der Waals surface area contributed by atoms with Gasteiger partial charge in [-0.15, -0.1) is 0 Å². The van der Waals surface area contributed by atoms with Gasteiger partial charge < -0.3 is 14.8 Å². The van der Waals surface area contributed by atoms with E-state index in [1.807, 2.05) is 31.3 Å². The third-order valence-electron chi connectivity index (χ3n) is 6.18. The number of aromatic nitrogens is 2. The van der Waals surface area contributed by atoms with Crippen LogP contribution in [0.1, 0.15) is 83.7 Å². The van der Waals surface area contributed by atoms with Gasteiger partial charge in [0.2, 0.25) is 0 Å². The first-order valence-electron chi connectivity index (χ1n) is 12.9. The number of carbonyl (C=O) groups excluding carboxylic acids is 2. The lowest BCUT2D eigenvalue weighted by molar-refractivity contribution is 0.0498. The summed E-state index contributed by atoms with van der Waals surface area (Å²) in [6, 6.07) is 10.8. The molecule has 0 amide bonds. The van der Waals surface area contributed by atoms with Crippen LogP contribution in [-0.4, -0.2) is 35.2 Å². The summed E-state index contributed by atoms with van der Waals surface area (Å²) in [5.41, 5.74) is 4.22. The number of anilines is 1. The van der Waals surface area contributed by atoms with Crippen molar-refractivity contribution in [1.82, 2.24) is 9.55 Å². The fourth-order valence-electron chi connectivity index (χ4n) is 4.16. The second kappa shape index (κ2) is 13.8. The number of unbranched alkanes of at least 4 members (excludes halogenated alkanes) is 3. The Morgan fingerprint density at radius 2 is 1.84 bits per heavy atom. The molecule has 1 N–H and O–H groups in total. The van der Waals surface area contributed by atoms with Crippen LogP contribution in [0.15, 0.2) is 42.6 Å². The Bertz CT molecular complexity index is 1220. The van der Waals surface area contributed by atoms with Crippen LogP contribution in [0, 0.1) is 6.92 Å². The highest BCUT2D eigenvalue weighted by Crippen LogP contribution is 2.27. The van der Waals surface area contributed by atoms with Crippen LogP contribution in [0.2, 0.25) is 5.02 Å². The maximum Gasteiger partial charge on any atom is 0.341 e. The molecule has 3 rings (SSSR count). The Morgan fingerprint density at radius 3 is 2.54 bits per heavy atom. The lowest BCUT2D eigenvalue weighted by Gasteiger charge is -2.17. The number of aryl methyl sites for hydroxylation is 2. The van der Waals surface area contributed by atoms with Crippen LogP contribution in [0.25, 0.3) is 5.69 Å². The number of methoxy groups -OCH3 is 1. The van der Waals surface area contributed by atoms with E-state index in [1.54, 1.807) is 18.2 Å². The van der Waals surface area contributed by atoms with Crippen molar-refractivity contribution in [2.45, 2.75) is 65.8 Å². The molecule has 0 saturated carbocycles. The Hall–Kier alpha value is -3.32. The Labute approximate surface area is 224 Å². The standard InChI is InChI=1S/C29H36ClN3O4/c1-5-7-9-16-37-29(35)27-23(30)11-10-12-24(27)31-18-22-19-32-26(13-8-6-2)33(22)25-15-14-21(17-20(25)3)28(34)36-4/h10-12,14-15,17,19,31H,5-9,13,16,18H2,1-4H3. The Balaban J connectivity index is 1.90. The molecule has 0 saturated heterocycles. The van der Waals surface area contributed by atoms with Gasteiger partial charge in [0.15, 0.2) is 0 Å². The molecule has 0 spiro atoms. The van der Waals surface area contributed by atoms with Crippen LogP contribution in [0.3, 0.4) is 0 Å². The first-order valence-corrected chi connectivity index (χ1v) is 13.2. The molecular formula is C29H36ClN3O4. The zero-order valence-corrected chi connectivity index (χ0v) is 22.9. The predicted molar refractivity (Wildman–Crippen MR) is 147 cm³/mol. The quantitative estimate of drug-likeness (QED) is 0.192. The van der Waals surface area contributed by atoms with Crippen LogP contribution < -0.4 is 5.32 Å². The summed E-state index contributed by atoms with van der Waals surface area (Å²) in [6.07, 6.45) is 7.60. The van der Waals surface area contributed by atoms with Crippen molar-refractivity contribution >= 4 is 29.2 Å². The third kappa shape index (κ3) is 7.13. The lowest BCUT2D eigenvalue weighted by Crippen LogP contribution is -2.14. The van der Waals surface area contributed by atoms with Crippen molar-refractivity contribution in [3.63, 3.8) is 0 Å². The van der Waals surface area contributed by atoms with Gasteiger partial charge in [-0.05, 0) is 55.7 Å². The summed E-state index contributed by atoms with van der Waals surface area (Å²) >= 11 is 6.41. The second-order valence-electron chi connectivity index (χ2n) is 8.96. The van der Waals surface area contributed by atoms with Gasteiger partial charge >= 0.3 is 11.9 Å². The van der Waals surface area contributed by atoms with Crippen LogP contribution in [0.4, 0.5) is 5.69 Å². The summed E-state index contributed by atoms with van der Waals surface area (Å²) in [6.45, 7) is 6.99. The summed E-state index contributed by atoms with van der Waals surface area (Å²) in [5, 5.41) is 3.71. The van der Waals surface area contributed by atoms with Crippen molar-refractivity contribution in [2.24, 2.45) is 0 Å². The number of rotatable bonds is 13. The average Bonchev–Trinajstić information content (AvgIpc) is 3.30. The number of carbonyl (C=O) groups is 2. The molecule has 37 heavy (non-hydrogen) atoms. The van der Waals surface area contributed by atoms with E-state index in [9.17, 15) is 9.59 Å². The topological polar surface area (TPSA) is 82.5 Å². The highest BCUT2D eigenvalue weighted by atomic mass is 35.5. The Morgan fingerprint density at radius 1 is 1.05 bits per heavy atom. The molecule has 3 aromatic rings. The normalized spacial score (nSPS) is 10.8. The molecule has 0 aliphatic carbocycles. The molecule has 0 fully saturated rings. The van der Waals surface area contributed by atoms with E-state index in [4.69, 9.17) is 26.1 Å². The molecular weight excluding hydrogens is 490 g/mol. The van der Waals surface area contributed by atoms with Crippen molar-refractivity contribution in [3.8, 4) is 5.69 Å². The van der Waals surface area contributed by atoms with Gasteiger partial charge in [-0.2, -0.15) is 0 Å². The fraction of sp³-hybridized carbons (Fsp3) is 0.414. The Kier molecular flexibility index (Phi) is 10.6. The number of halogens is 1. The number of imidazole rings is 1. The smallest absolute Gasteiger partial charge is 0.341 e. The van der Waals surface area contributed by atoms with E-state index in [0.717, 1.165) is 61.3 Å². The summed E-state index contributed by atoms with van der Waals surface area (Å²) in [5.74, 6) is 0.133. The highest BCUT2D eigenvalue weighted by Gasteiger charge is 2.19. The van der Waals surface area contributed by atoms with E-state index in [0.29, 0.717) is 35.0 Å². The minimum Gasteiger partial charge on any atom is -0.465 e. The molecule has 198 valence electrons. The summed E-state index contributed by atoms with van der Waals surface area (Å²) < 4.78 is 12.5. The van der Waals surface area contributed by atoms with Crippen molar-refractivity contribution in [1.29, 1.82) is 0 Å². The molecule has 1 aromatic heterocycles. The minimum absolute atomic E-state index is 0.330. The van der Waals surface area contributed by atoms with Gasteiger partial charge in [0.05, 0.1) is 54.1 Å². The average molecular weight is 526 g/mol. The largest absolute Gasteiger partial charge is 0.465 e. The van der Waals surface area contributed by atoms with Crippen molar-refractivity contribution < 1.29 is 19.1 Å². The first-order chi connectivity index (χ1) is 17.9. The fourth-order valence-corrected chi connectivity index (χ4v) is 4.42. The first kappa shape index (κ1) is 28.3. The molecule has 2 aromatic carbocycles. The second-order valence-corrected chi connectivity index (χ2v) is 9.36. The van der Waals surface area contributed by atoms with E-state index >= 15 is 0 Å². The number of hydrogen-bond donors (Lipinski definition) is 1. The number of nitrogens with zero attached hydrogens (tertiary/aromatic N) is 2.